The van der Waals surface area contributed by atoms with Crippen LogP contribution in [0.15, 0.2) is 71.6 Å². The zero-order valence-corrected chi connectivity index (χ0v) is 21.6. The molecule has 3 aromatic rings. The third kappa shape index (κ3) is 9.22. The molecule has 0 aliphatic carbocycles. The van der Waals surface area contributed by atoms with Crippen LogP contribution in [0, 0.1) is 0 Å². The number of anilines is 1. The second-order valence-corrected chi connectivity index (χ2v) is 9.83. The smallest absolute Gasteiger partial charge is 0.303 e. The van der Waals surface area contributed by atoms with Gasteiger partial charge in [-0.15, -0.1) is 11.8 Å². The van der Waals surface area contributed by atoms with E-state index in [-0.39, 0.29) is 12.8 Å². The van der Waals surface area contributed by atoms with Crippen molar-refractivity contribution in [1.29, 1.82) is 0 Å². The Morgan fingerprint density at radius 1 is 0.861 bits per heavy atom. The van der Waals surface area contributed by atoms with Crippen LogP contribution in [-0.2, 0) is 34.7 Å². The quantitative estimate of drug-likeness (QED) is 0.259. The number of fused-ring (bicyclic) bond motifs is 1. The van der Waals surface area contributed by atoms with Crippen molar-refractivity contribution in [1.82, 2.24) is 5.32 Å². The van der Waals surface area contributed by atoms with E-state index >= 15 is 0 Å². The summed E-state index contributed by atoms with van der Waals surface area (Å²) in [6, 6.07) is 23.6. The van der Waals surface area contributed by atoms with Gasteiger partial charge >= 0.3 is 11.9 Å². The molecule has 0 aromatic heterocycles. The molecule has 0 radical (unpaired) electrons. The normalized spacial score (nSPS) is 12.5. The second-order valence-electron chi connectivity index (χ2n) is 8.37. The average Bonchev–Trinajstić information content (AvgIpc) is 3.13. The minimum Gasteiger partial charge on any atom is -0.481 e. The zero-order valence-electron chi connectivity index (χ0n) is 20.0. The van der Waals surface area contributed by atoms with E-state index in [9.17, 15) is 9.59 Å². The Balaban J connectivity index is 0.000000392. The van der Waals surface area contributed by atoms with Crippen LogP contribution in [0.25, 0.3) is 0 Å². The molecule has 0 saturated heterocycles. The van der Waals surface area contributed by atoms with E-state index in [1.165, 1.54) is 27.1 Å². The fourth-order valence-corrected chi connectivity index (χ4v) is 4.88. The Hall–Kier alpha value is -3.00. The lowest BCUT2D eigenvalue weighted by atomic mass is 10.0. The first-order chi connectivity index (χ1) is 17.4. The first kappa shape index (κ1) is 27.6. The van der Waals surface area contributed by atoms with E-state index in [4.69, 9.17) is 21.8 Å². The number of halogens is 1. The van der Waals surface area contributed by atoms with Crippen molar-refractivity contribution < 1.29 is 19.8 Å². The lowest BCUT2D eigenvalue weighted by Gasteiger charge is -2.16. The highest BCUT2D eigenvalue weighted by atomic mass is 35.5. The fourth-order valence-electron chi connectivity index (χ4n) is 3.78. The molecule has 3 aromatic carbocycles. The predicted molar refractivity (Wildman–Crippen MR) is 146 cm³/mol. The van der Waals surface area contributed by atoms with Crippen molar-refractivity contribution >= 4 is 41.0 Å². The first-order valence-electron chi connectivity index (χ1n) is 11.9. The van der Waals surface area contributed by atoms with Gasteiger partial charge in [0.05, 0.1) is 23.6 Å². The average molecular weight is 527 g/mol. The van der Waals surface area contributed by atoms with Gasteiger partial charge in [-0.3, -0.25) is 9.59 Å². The maximum absolute atomic E-state index is 9.64. The number of hydrogen-bond donors (Lipinski definition) is 4. The fraction of sp³-hybridized carbons (Fsp3) is 0.286. The third-order valence-corrected chi connectivity index (χ3v) is 7.07. The molecule has 0 saturated carbocycles. The molecule has 0 amide bonds. The van der Waals surface area contributed by atoms with Gasteiger partial charge in [0.2, 0.25) is 0 Å². The lowest BCUT2D eigenvalue weighted by Crippen LogP contribution is -2.16. The summed E-state index contributed by atoms with van der Waals surface area (Å²) >= 11 is 8.39. The summed E-state index contributed by atoms with van der Waals surface area (Å²) in [4.78, 5) is 20.6. The van der Waals surface area contributed by atoms with Gasteiger partial charge in [0, 0.05) is 17.2 Å². The number of aliphatic carboxylic acids is 2. The molecule has 1 aliphatic rings. The molecule has 36 heavy (non-hydrogen) atoms. The predicted octanol–water partition coefficient (Wildman–Crippen LogP) is 5.87. The largest absolute Gasteiger partial charge is 0.481 e. The molecule has 6 nitrogen and oxygen atoms in total. The molecule has 0 atom stereocenters. The molecule has 4 N–H and O–H groups in total. The van der Waals surface area contributed by atoms with Crippen LogP contribution in [0.4, 0.5) is 5.69 Å². The van der Waals surface area contributed by atoms with Gasteiger partial charge in [-0.25, -0.2) is 0 Å². The third-order valence-electron chi connectivity index (χ3n) is 5.68. The lowest BCUT2D eigenvalue weighted by molar-refractivity contribution is -0.143. The maximum Gasteiger partial charge on any atom is 0.303 e. The molecule has 4 rings (SSSR count). The Morgan fingerprint density at radius 2 is 1.53 bits per heavy atom. The number of carbonyl (C=O) groups is 2. The highest BCUT2D eigenvalue weighted by molar-refractivity contribution is 7.98. The zero-order chi connectivity index (χ0) is 25.8. The minimum absolute atomic E-state index is 0.296. The summed E-state index contributed by atoms with van der Waals surface area (Å²) in [6.07, 6.45) is 1.49. The van der Waals surface area contributed by atoms with Gasteiger partial charge in [-0.05, 0) is 66.4 Å². The van der Waals surface area contributed by atoms with Gasteiger partial charge < -0.3 is 20.8 Å². The molecule has 190 valence electrons. The van der Waals surface area contributed by atoms with Gasteiger partial charge in [0.25, 0.3) is 0 Å². The highest BCUT2D eigenvalue weighted by Crippen LogP contribution is 2.31. The summed E-state index contributed by atoms with van der Waals surface area (Å²) in [7, 11) is 0. The van der Waals surface area contributed by atoms with Gasteiger partial charge in [-0.1, -0.05) is 60.1 Å². The van der Waals surface area contributed by atoms with Crippen molar-refractivity contribution in [2.24, 2.45) is 0 Å². The van der Waals surface area contributed by atoms with Crippen LogP contribution in [-0.4, -0.2) is 35.2 Å². The molecule has 8 heteroatoms. The molecule has 0 fully saturated rings. The Morgan fingerprint density at radius 3 is 2.19 bits per heavy atom. The topological polar surface area (TPSA) is 98.7 Å². The van der Waals surface area contributed by atoms with Crippen LogP contribution < -0.4 is 10.6 Å². The second kappa shape index (κ2) is 14.5. The van der Waals surface area contributed by atoms with E-state index in [1.807, 2.05) is 17.8 Å². The molecule has 0 bridgehead atoms. The summed E-state index contributed by atoms with van der Waals surface area (Å²) in [6.45, 7) is 2.83. The molecule has 0 unspecified atom stereocenters. The Kier molecular flexibility index (Phi) is 11.1. The number of carboxylic acid groups (broad SMARTS) is 2. The standard InChI is InChI=1S/C24H25ClN2S.C4H6O4/c25-23-11-8-20-12-14-26-15-13-22(20)24(23)27-16-18-6-9-21(10-7-18)28-17-19-4-2-1-3-5-19;5-3(6)1-2-4(7)8/h1-11,26-27H,12-17H2;1-2H2,(H,5,6)(H,7,8). The van der Waals surface area contributed by atoms with Crippen LogP contribution in [0.1, 0.15) is 35.1 Å². The molecular weight excluding hydrogens is 496 g/mol. The summed E-state index contributed by atoms with van der Waals surface area (Å²) < 4.78 is 0. The molecule has 0 spiro atoms. The van der Waals surface area contributed by atoms with E-state index in [0.717, 1.165) is 48.9 Å². The number of benzene rings is 3. The first-order valence-corrected chi connectivity index (χ1v) is 13.2. The molecule has 1 aliphatic heterocycles. The van der Waals surface area contributed by atoms with E-state index < -0.39 is 11.9 Å². The number of nitrogens with one attached hydrogen (secondary N) is 2. The van der Waals surface area contributed by atoms with Crippen LogP contribution >= 0.6 is 23.4 Å². The Bertz CT molecular complexity index is 1130. The van der Waals surface area contributed by atoms with Gasteiger partial charge in [0.15, 0.2) is 0 Å². The number of rotatable bonds is 9. The molecule has 1 heterocycles. The highest BCUT2D eigenvalue weighted by Gasteiger charge is 2.14. The monoisotopic (exact) mass is 526 g/mol. The van der Waals surface area contributed by atoms with Crippen molar-refractivity contribution in [3.63, 3.8) is 0 Å². The van der Waals surface area contributed by atoms with Crippen molar-refractivity contribution in [2.45, 2.75) is 42.9 Å². The van der Waals surface area contributed by atoms with Crippen LogP contribution in [0.5, 0.6) is 0 Å². The van der Waals surface area contributed by atoms with Gasteiger partial charge in [-0.2, -0.15) is 0 Å². The van der Waals surface area contributed by atoms with Crippen molar-refractivity contribution in [2.75, 3.05) is 18.4 Å². The minimum atomic E-state index is -1.08. The van der Waals surface area contributed by atoms with Gasteiger partial charge in [0.1, 0.15) is 0 Å². The van der Waals surface area contributed by atoms with Crippen molar-refractivity contribution in [3.05, 3.63) is 94.0 Å². The van der Waals surface area contributed by atoms with E-state index in [1.54, 1.807) is 0 Å². The summed E-state index contributed by atoms with van der Waals surface area (Å²) in [5, 5.41) is 23.7. The maximum atomic E-state index is 9.64. The van der Waals surface area contributed by atoms with E-state index in [0.29, 0.717) is 0 Å². The molecular formula is C28H31ClN2O4S. The van der Waals surface area contributed by atoms with Crippen LogP contribution in [0.3, 0.4) is 0 Å². The SMILES string of the molecule is Clc1ccc2c(c1NCc1ccc(SCc3ccccc3)cc1)CCNCC2.O=C(O)CCC(=O)O. The van der Waals surface area contributed by atoms with E-state index in [2.05, 4.69) is 71.3 Å². The number of carboxylic acids is 2. The van der Waals surface area contributed by atoms with Crippen LogP contribution in [0.2, 0.25) is 5.02 Å². The van der Waals surface area contributed by atoms with Crippen molar-refractivity contribution in [3.8, 4) is 0 Å². The summed E-state index contributed by atoms with van der Waals surface area (Å²) in [5.41, 5.74) is 6.50. The number of hydrogen-bond acceptors (Lipinski definition) is 5. The summed E-state index contributed by atoms with van der Waals surface area (Å²) in [5.74, 6) is -1.15. The Labute approximate surface area is 221 Å². The number of thioether (sulfide) groups is 1.